The van der Waals surface area contributed by atoms with E-state index in [1.165, 1.54) is 0 Å². The van der Waals surface area contributed by atoms with E-state index in [1.807, 2.05) is 58.6 Å². The van der Waals surface area contributed by atoms with Gasteiger partial charge in [0.1, 0.15) is 23.7 Å². The summed E-state index contributed by atoms with van der Waals surface area (Å²) >= 11 is 0. The summed E-state index contributed by atoms with van der Waals surface area (Å²) in [7, 11) is 0. The van der Waals surface area contributed by atoms with E-state index in [4.69, 9.17) is 19.4 Å². The van der Waals surface area contributed by atoms with Crippen molar-refractivity contribution in [1.29, 1.82) is 0 Å². The number of benzene rings is 4. The minimum atomic E-state index is -0.340. The van der Waals surface area contributed by atoms with Crippen LogP contribution >= 0.6 is 0 Å². The van der Waals surface area contributed by atoms with Crippen molar-refractivity contribution in [3.8, 4) is 33.6 Å². The Morgan fingerprint density at radius 2 is 0.871 bits per heavy atom. The number of carbonyl (C=O) groups is 2. The number of rotatable bonds is 11. The highest BCUT2D eigenvalue weighted by Crippen LogP contribution is 2.38. The minimum absolute atomic E-state index is 0.0980. The first-order valence-electron chi connectivity index (χ1n) is 22.2. The molecule has 4 aliphatic rings. The number of amides is 2. The third kappa shape index (κ3) is 8.23. The second-order valence-corrected chi connectivity index (χ2v) is 16.8. The molecule has 4 aromatic carbocycles. The van der Waals surface area contributed by atoms with Crippen LogP contribution in [0.25, 0.3) is 33.6 Å². The average Bonchev–Trinajstić information content (AvgIpc) is 4.19. The van der Waals surface area contributed by atoms with E-state index in [0.29, 0.717) is 39.5 Å². The molecule has 4 fully saturated rings. The lowest BCUT2D eigenvalue weighted by Crippen LogP contribution is -2.47. The van der Waals surface area contributed by atoms with Crippen LogP contribution < -0.4 is 0 Å². The van der Waals surface area contributed by atoms with Gasteiger partial charge in [-0.15, -0.1) is 0 Å². The van der Waals surface area contributed by atoms with E-state index in [2.05, 4.69) is 92.6 Å². The molecule has 0 bridgehead atoms. The topological polar surface area (TPSA) is 123 Å². The minimum Gasteiger partial charge on any atom is -0.379 e. The van der Waals surface area contributed by atoms with Crippen LogP contribution in [0, 0.1) is 0 Å². The maximum absolute atomic E-state index is 14.4. The van der Waals surface area contributed by atoms with Gasteiger partial charge in [-0.3, -0.25) is 19.4 Å². The number of imidazole rings is 2. The van der Waals surface area contributed by atoms with Gasteiger partial charge in [0.25, 0.3) is 0 Å². The molecule has 2 N–H and O–H groups in total. The summed E-state index contributed by atoms with van der Waals surface area (Å²) in [6, 6.07) is 36.5. The predicted molar refractivity (Wildman–Crippen MR) is 238 cm³/mol. The number of nitrogens with one attached hydrogen (secondary N) is 2. The normalized spacial score (nSPS) is 21.0. The molecule has 0 aliphatic carbocycles. The largest absolute Gasteiger partial charge is 0.379 e. The highest BCUT2D eigenvalue weighted by molar-refractivity contribution is 5.85. The number of H-pyrrole nitrogens is 2. The molecule has 318 valence electrons. The van der Waals surface area contributed by atoms with E-state index in [0.717, 1.165) is 108 Å². The van der Waals surface area contributed by atoms with E-state index in [9.17, 15) is 9.59 Å². The molecule has 4 atom stereocenters. The third-order valence-corrected chi connectivity index (χ3v) is 13.1. The molecule has 4 saturated heterocycles. The lowest BCUT2D eigenvalue weighted by atomic mass is 10.0. The molecule has 2 amide bonds. The predicted octanol–water partition coefficient (Wildman–Crippen LogP) is 7.61. The molecule has 0 saturated carbocycles. The van der Waals surface area contributed by atoms with Gasteiger partial charge in [-0.25, -0.2) is 9.97 Å². The van der Waals surface area contributed by atoms with Gasteiger partial charge < -0.3 is 29.2 Å². The Bertz CT molecular complexity index is 2250. The van der Waals surface area contributed by atoms with Crippen molar-refractivity contribution in [1.82, 2.24) is 39.5 Å². The Morgan fingerprint density at radius 3 is 1.26 bits per heavy atom. The van der Waals surface area contributed by atoms with Gasteiger partial charge >= 0.3 is 0 Å². The summed E-state index contributed by atoms with van der Waals surface area (Å²) in [5.74, 6) is 1.92. The molecule has 2 unspecified atom stereocenters. The van der Waals surface area contributed by atoms with Crippen LogP contribution in [0.4, 0.5) is 0 Å². The fraction of sp³-hybridized carbons (Fsp3) is 0.360. The number of aromatic amines is 2. The van der Waals surface area contributed by atoms with Crippen molar-refractivity contribution in [2.75, 3.05) is 65.7 Å². The van der Waals surface area contributed by atoms with Crippen LogP contribution in [0.1, 0.15) is 72.6 Å². The van der Waals surface area contributed by atoms with Crippen molar-refractivity contribution >= 4 is 11.8 Å². The van der Waals surface area contributed by atoms with Crippen molar-refractivity contribution < 1.29 is 19.1 Å². The molecule has 6 heterocycles. The number of hydrogen-bond donors (Lipinski definition) is 2. The number of aromatic nitrogens is 4. The van der Waals surface area contributed by atoms with E-state index >= 15 is 0 Å². The number of likely N-dealkylation sites (tertiary alicyclic amines) is 2. The number of hydrogen-bond acceptors (Lipinski definition) is 8. The Kier molecular flexibility index (Phi) is 11.8. The van der Waals surface area contributed by atoms with Gasteiger partial charge in [0.15, 0.2) is 0 Å². The highest BCUT2D eigenvalue weighted by Gasteiger charge is 2.40. The van der Waals surface area contributed by atoms with Crippen LogP contribution in [0.5, 0.6) is 0 Å². The molecule has 6 aromatic rings. The summed E-state index contributed by atoms with van der Waals surface area (Å²) < 4.78 is 11.3. The van der Waals surface area contributed by atoms with E-state index < -0.39 is 0 Å². The first-order chi connectivity index (χ1) is 30.6. The van der Waals surface area contributed by atoms with E-state index in [-0.39, 0.29) is 36.0 Å². The highest BCUT2D eigenvalue weighted by atomic mass is 16.5. The van der Waals surface area contributed by atoms with Gasteiger partial charge in [-0.05, 0) is 59.1 Å². The lowest BCUT2D eigenvalue weighted by molar-refractivity contribution is -0.141. The van der Waals surface area contributed by atoms with Crippen LogP contribution in [0.2, 0.25) is 0 Å². The summed E-state index contributed by atoms with van der Waals surface area (Å²) in [6.45, 7) is 6.90. The van der Waals surface area contributed by atoms with Crippen LogP contribution in [-0.4, -0.2) is 117 Å². The second kappa shape index (κ2) is 18.2. The average molecular weight is 831 g/mol. The molecule has 10 rings (SSSR count). The lowest BCUT2D eigenvalue weighted by Gasteiger charge is -2.37. The van der Waals surface area contributed by atoms with E-state index in [1.54, 1.807) is 0 Å². The summed E-state index contributed by atoms with van der Waals surface area (Å²) in [4.78, 5) is 54.1. The molecule has 12 heteroatoms. The SMILES string of the molecule is O=C(C(c1ccccc1)N1CCOCC1)N1CCC[C@H]1c1ncc(-c2ccc(-c3ccc(-c4cnc([C@@H]5CCCN5C(=O)C(c5ccccc5)N5CCOCC5)[nH]4)cc3)cc2)[nH]1. The zero-order valence-electron chi connectivity index (χ0n) is 35.1. The van der Waals surface area contributed by atoms with Gasteiger partial charge in [0, 0.05) is 39.3 Å². The number of carbonyl (C=O) groups excluding carboxylic acids is 2. The Balaban J connectivity index is 0.804. The molecule has 0 spiro atoms. The Hall–Kier alpha value is -5.92. The fourth-order valence-corrected chi connectivity index (χ4v) is 9.89. The van der Waals surface area contributed by atoms with Crippen LogP contribution in [0.3, 0.4) is 0 Å². The van der Waals surface area contributed by atoms with Gasteiger partial charge in [0.2, 0.25) is 11.8 Å². The maximum atomic E-state index is 14.4. The quantitative estimate of drug-likeness (QED) is 0.137. The standard InChI is InChI=1S/C50H54N8O4/c59-49(45(39-9-3-1-4-10-39)55-25-29-61-30-26-55)57-23-7-13-43(57)47-51-33-41(53-47)37-19-15-35(16-20-37)36-17-21-38(22-18-36)42-34-52-48(54-42)44-14-8-24-58(44)50(60)46(40-11-5-2-6-12-40)56-27-31-62-32-28-56/h1-6,9-12,15-22,33-34,43-46H,7-8,13-14,23-32H2,(H,51,53)(H,52,54)/t43-,44-,45?,46?/m0/s1. The van der Waals surface area contributed by atoms with Gasteiger partial charge in [0.05, 0.1) is 62.3 Å². The van der Waals surface area contributed by atoms with Crippen molar-refractivity contribution in [2.24, 2.45) is 0 Å². The molecular formula is C50H54N8O4. The summed E-state index contributed by atoms with van der Waals surface area (Å²) in [6.07, 6.45) is 7.42. The number of nitrogens with zero attached hydrogens (tertiary/aromatic N) is 6. The third-order valence-electron chi connectivity index (χ3n) is 13.1. The van der Waals surface area contributed by atoms with Gasteiger partial charge in [-0.1, -0.05) is 109 Å². The second-order valence-electron chi connectivity index (χ2n) is 16.8. The molecule has 2 aromatic heterocycles. The van der Waals surface area contributed by atoms with Crippen molar-refractivity contribution in [3.63, 3.8) is 0 Å². The first-order valence-corrected chi connectivity index (χ1v) is 22.2. The fourth-order valence-electron chi connectivity index (χ4n) is 9.89. The number of ether oxygens (including phenoxy) is 2. The first kappa shape index (κ1) is 40.2. The molecule has 4 aliphatic heterocycles. The Morgan fingerprint density at radius 1 is 0.500 bits per heavy atom. The van der Waals surface area contributed by atoms with Crippen LogP contribution in [-0.2, 0) is 19.1 Å². The maximum Gasteiger partial charge on any atom is 0.245 e. The Labute approximate surface area is 362 Å². The number of morpholine rings is 2. The zero-order chi connectivity index (χ0) is 41.8. The molecular weight excluding hydrogens is 777 g/mol. The van der Waals surface area contributed by atoms with Crippen LogP contribution in [0.15, 0.2) is 122 Å². The molecule has 0 radical (unpaired) electrons. The monoisotopic (exact) mass is 830 g/mol. The van der Waals surface area contributed by atoms with Crippen molar-refractivity contribution in [2.45, 2.75) is 49.9 Å². The summed E-state index contributed by atoms with van der Waals surface area (Å²) in [5, 5.41) is 0. The molecule has 62 heavy (non-hydrogen) atoms. The van der Waals surface area contributed by atoms with Gasteiger partial charge in [-0.2, -0.15) is 0 Å². The molecule has 12 nitrogen and oxygen atoms in total. The summed E-state index contributed by atoms with van der Waals surface area (Å²) in [5.41, 5.74) is 8.22. The smallest absolute Gasteiger partial charge is 0.245 e. The van der Waals surface area contributed by atoms with Crippen molar-refractivity contribution in [3.05, 3.63) is 144 Å². The zero-order valence-corrected chi connectivity index (χ0v) is 35.1.